The van der Waals surface area contributed by atoms with Crippen LogP contribution in [0.25, 0.3) is 0 Å². The maximum atomic E-state index is 10.6. The molecule has 0 aromatic heterocycles. The van der Waals surface area contributed by atoms with Crippen LogP contribution in [0.5, 0.6) is 11.5 Å². The fourth-order valence-corrected chi connectivity index (χ4v) is 2.88. The van der Waals surface area contributed by atoms with Crippen LogP contribution in [-0.4, -0.2) is 31.7 Å². The molecule has 1 fully saturated rings. The van der Waals surface area contributed by atoms with Crippen LogP contribution in [0, 0.1) is 5.41 Å². The quantitative estimate of drug-likeness (QED) is 0.880. The van der Waals surface area contributed by atoms with Gasteiger partial charge in [0, 0.05) is 18.6 Å². The Kier molecular flexibility index (Phi) is 3.30. The lowest BCUT2D eigenvalue weighted by Gasteiger charge is -2.31. The van der Waals surface area contributed by atoms with E-state index in [9.17, 15) is 5.11 Å². The van der Waals surface area contributed by atoms with E-state index in [1.165, 1.54) is 0 Å². The molecule has 0 spiro atoms. The summed E-state index contributed by atoms with van der Waals surface area (Å²) in [5, 5.41) is 11.1. The summed E-state index contributed by atoms with van der Waals surface area (Å²) in [5.74, 6) is 1.09. The minimum absolute atomic E-state index is 0.153. The number of rotatable bonds is 3. The molecule has 2 atom stereocenters. The summed E-state index contributed by atoms with van der Waals surface area (Å²) in [7, 11) is 0. The van der Waals surface area contributed by atoms with Crippen LogP contribution in [0.15, 0.2) is 12.1 Å². The van der Waals surface area contributed by atoms with E-state index >= 15 is 0 Å². The molecule has 3 rings (SSSR count). The number of nitrogens with two attached hydrogens (primary N) is 1. The van der Waals surface area contributed by atoms with Gasteiger partial charge in [-0.15, -0.1) is 0 Å². The number of aliphatic hydroxyl groups excluding tert-OH is 1. The molecule has 19 heavy (non-hydrogen) atoms. The predicted molar refractivity (Wildman–Crippen MR) is 69.5 cm³/mol. The molecule has 0 aliphatic carbocycles. The molecular formula is C13H16ClNO4. The van der Waals surface area contributed by atoms with E-state index in [1.54, 1.807) is 12.1 Å². The summed E-state index contributed by atoms with van der Waals surface area (Å²) in [6, 6.07) is 3.46. The number of hydrogen-bond donors (Lipinski definition) is 2. The molecule has 2 aliphatic rings. The molecule has 3 N–H and O–H groups in total. The summed E-state index contributed by atoms with van der Waals surface area (Å²) < 4.78 is 16.0. The zero-order valence-electron chi connectivity index (χ0n) is 10.4. The van der Waals surface area contributed by atoms with Gasteiger partial charge >= 0.3 is 0 Å². The molecular weight excluding hydrogens is 270 g/mol. The average Bonchev–Trinajstić information content (AvgIpc) is 3.07. The van der Waals surface area contributed by atoms with Gasteiger partial charge in [-0.1, -0.05) is 11.6 Å². The number of ether oxygens (including phenoxy) is 3. The van der Waals surface area contributed by atoms with Crippen LogP contribution in [0.2, 0.25) is 5.02 Å². The highest BCUT2D eigenvalue weighted by atomic mass is 35.5. The normalized spacial score (nSPS) is 26.7. The highest BCUT2D eigenvalue weighted by Crippen LogP contribution is 2.46. The van der Waals surface area contributed by atoms with Crippen molar-refractivity contribution in [3.05, 3.63) is 22.7 Å². The van der Waals surface area contributed by atoms with E-state index in [0.717, 1.165) is 6.42 Å². The van der Waals surface area contributed by atoms with E-state index in [2.05, 4.69) is 0 Å². The first-order chi connectivity index (χ1) is 9.16. The Labute approximate surface area is 116 Å². The molecule has 2 heterocycles. The van der Waals surface area contributed by atoms with Crippen LogP contribution >= 0.6 is 11.6 Å². The molecule has 0 radical (unpaired) electrons. The topological polar surface area (TPSA) is 73.9 Å². The van der Waals surface area contributed by atoms with Gasteiger partial charge in [0.25, 0.3) is 0 Å². The van der Waals surface area contributed by atoms with E-state index in [4.69, 9.17) is 31.5 Å². The molecule has 1 saturated heterocycles. The number of benzene rings is 1. The second kappa shape index (κ2) is 4.83. The van der Waals surface area contributed by atoms with Gasteiger partial charge in [-0.2, -0.15) is 0 Å². The largest absolute Gasteiger partial charge is 0.454 e. The first-order valence-corrected chi connectivity index (χ1v) is 6.59. The molecule has 0 saturated carbocycles. The summed E-state index contributed by atoms with van der Waals surface area (Å²) >= 11 is 6.14. The number of fused-ring (bicyclic) bond motifs is 1. The first-order valence-electron chi connectivity index (χ1n) is 6.21. The van der Waals surface area contributed by atoms with Crippen molar-refractivity contribution < 1.29 is 19.3 Å². The standard InChI is InChI=1S/C13H16ClNO4/c14-9-3-8(4-10-11(9)19-7-18-10)12(16)13(5-15)1-2-17-6-13/h3-4,12,16H,1-2,5-7,15H2. The van der Waals surface area contributed by atoms with Gasteiger partial charge in [0.15, 0.2) is 11.5 Å². The lowest BCUT2D eigenvalue weighted by atomic mass is 9.78. The Morgan fingerprint density at radius 3 is 2.95 bits per heavy atom. The SMILES string of the molecule is NCC1(C(O)c2cc(Cl)c3c(c2)OCO3)CCOC1. The van der Waals surface area contributed by atoms with Gasteiger partial charge in [-0.25, -0.2) is 0 Å². The molecule has 0 bridgehead atoms. The Morgan fingerprint density at radius 1 is 1.42 bits per heavy atom. The van der Waals surface area contributed by atoms with Crippen LogP contribution in [-0.2, 0) is 4.74 Å². The third kappa shape index (κ3) is 2.07. The Hall–Kier alpha value is -1.01. The number of aliphatic hydroxyl groups is 1. The van der Waals surface area contributed by atoms with E-state index in [1.807, 2.05) is 0 Å². The smallest absolute Gasteiger partial charge is 0.231 e. The van der Waals surface area contributed by atoms with E-state index in [0.29, 0.717) is 41.8 Å². The average molecular weight is 286 g/mol. The Bertz CT molecular complexity index is 488. The molecule has 2 unspecified atom stereocenters. The van der Waals surface area contributed by atoms with Crippen molar-refractivity contribution in [3.63, 3.8) is 0 Å². The first kappa shape index (κ1) is 13.0. The summed E-state index contributed by atoms with van der Waals surface area (Å²) in [5.41, 5.74) is 6.07. The Morgan fingerprint density at radius 2 is 2.26 bits per heavy atom. The van der Waals surface area contributed by atoms with Gasteiger partial charge in [0.2, 0.25) is 6.79 Å². The van der Waals surface area contributed by atoms with Crippen molar-refractivity contribution in [2.75, 3.05) is 26.6 Å². The van der Waals surface area contributed by atoms with Crippen LogP contribution in [0.3, 0.4) is 0 Å². The zero-order chi connectivity index (χ0) is 13.5. The summed E-state index contributed by atoms with van der Waals surface area (Å²) in [4.78, 5) is 0. The second-order valence-electron chi connectivity index (χ2n) is 5.01. The van der Waals surface area contributed by atoms with Crippen molar-refractivity contribution in [1.29, 1.82) is 0 Å². The molecule has 2 aliphatic heterocycles. The molecule has 6 heteroatoms. The van der Waals surface area contributed by atoms with Gasteiger partial charge in [-0.3, -0.25) is 0 Å². The van der Waals surface area contributed by atoms with Crippen molar-refractivity contribution in [2.45, 2.75) is 12.5 Å². The number of hydrogen-bond acceptors (Lipinski definition) is 5. The minimum atomic E-state index is -0.730. The molecule has 104 valence electrons. The minimum Gasteiger partial charge on any atom is -0.454 e. The maximum absolute atomic E-state index is 10.6. The highest BCUT2D eigenvalue weighted by molar-refractivity contribution is 6.32. The van der Waals surface area contributed by atoms with Crippen molar-refractivity contribution >= 4 is 11.6 Å². The predicted octanol–water partition coefficient (Wildman–Crippen LogP) is 1.47. The lowest BCUT2D eigenvalue weighted by Crippen LogP contribution is -2.37. The third-order valence-electron chi connectivity index (χ3n) is 3.89. The van der Waals surface area contributed by atoms with Crippen molar-refractivity contribution in [3.8, 4) is 11.5 Å². The van der Waals surface area contributed by atoms with Gasteiger partial charge < -0.3 is 25.1 Å². The van der Waals surface area contributed by atoms with Crippen molar-refractivity contribution in [2.24, 2.45) is 11.1 Å². The Balaban J connectivity index is 1.95. The van der Waals surface area contributed by atoms with Crippen LogP contribution in [0.1, 0.15) is 18.1 Å². The molecule has 0 amide bonds. The van der Waals surface area contributed by atoms with Gasteiger partial charge in [0.05, 0.1) is 17.7 Å². The van der Waals surface area contributed by atoms with Gasteiger partial charge in [0.1, 0.15) is 0 Å². The molecule has 5 nitrogen and oxygen atoms in total. The third-order valence-corrected chi connectivity index (χ3v) is 4.17. The summed E-state index contributed by atoms with van der Waals surface area (Å²) in [6.45, 7) is 1.59. The highest BCUT2D eigenvalue weighted by Gasteiger charge is 2.42. The van der Waals surface area contributed by atoms with Crippen LogP contribution < -0.4 is 15.2 Å². The second-order valence-corrected chi connectivity index (χ2v) is 5.42. The maximum Gasteiger partial charge on any atom is 0.231 e. The summed E-state index contributed by atoms with van der Waals surface area (Å²) in [6.07, 6.45) is 0.00324. The number of halogens is 1. The van der Waals surface area contributed by atoms with Crippen LogP contribution in [0.4, 0.5) is 0 Å². The lowest BCUT2D eigenvalue weighted by molar-refractivity contribution is 0.0190. The molecule has 1 aromatic rings. The van der Waals surface area contributed by atoms with E-state index in [-0.39, 0.29) is 6.79 Å². The van der Waals surface area contributed by atoms with Gasteiger partial charge in [-0.05, 0) is 24.1 Å². The zero-order valence-corrected chi connectivity index (χ0v) is 11.2. The molecule has 1 aromatic carbocycles. The van der Waals surface area contributed by atoms with E-state index < -0.39 is 11.5 Å². The fraction of sp³-hybridized carbons (Fsp3) is 0.538. The monoisotopic (exact) mass is 285 g/mol. The van der Waals surface area contributed by atoms with Crippen molar-refractivity contribution in [1.82, 2.24) is 0 Å². The fourth-order valence-electron chi connectivity index (χ4n) is 2.61.